The summed E-state index contributed by atoms with van der Waals surface area (Å²) in [6.07, 6.45) is 3.61. The summed E-state index contributed by atoms with van der Waals surface area (Å²) in [5.74, 6) is 1.24. The third kappa shape index (κ3) is 3.22. The fourth-order valence-electron chi connectivity index (χ4n) is 2.66. The molecule has 2 heterocycles. The van der Waals surface area contributed by atoms with Crippen LogP contribution in [0.1, 0.15) is 42.0 Å². The first-order chi connectivity index (χ1) is 11.7. The van der Waals surface area contributed by atoms with Crippen LogP contribution >= 0.6 is 0 Å². The van der Waals surface area contributed by atoms with E-state index >= 15 is 0 Å². The highest BCUT2D eigenvalue weighted by atomic mass is 16.5. The lowest BCUT2D eigenvalue weighted by molar-refractivity contribution is 0.0932. The summed E-state index contributed by atoms with van der Waals surface area (Å²) in [5.41, 5.74) is 1.33. The van der Waals surface area contributed by atoms with E-state index in [1.807, 2.05) is 34.9 Å². The molecule has 1 unspecified atom stereocenters. The molecule has 124 valence electrons. The summed E-state index contributed by atoms with van der Waals surface area (Å²) in [6, 6.07) is 12.6. The largest absolute Gasteiger partial charge is 0.497 e. The molecule has 3 rings (SSSR count). The second-order valence-electron chi connectivity index (χ2n) is 5.53. The minimum Gasteiger partial charge on any atom is -0.497 e. The molecule has 0 bridgehead atoms. The van der Waals surface area contributed by atoms with Gasteiger partial charge in [0, 0.05) is 11.8 Å². The van der Waals surface area contributed by atoms with Gasteiger partial charge < -0.3 is 10.1 Å². The molecule has 1 aromatic carbocycles. The van der Waals surface area contributed by atoms with Crippen LogP contribution in [0.2, 0.25) is 0 Å². The molecule has 6 nitrogen and oxygen atoms in total. The summed E-state index contributed by atoms with van der Waals surface area (Å²) in [7, 11) is 1.58. The highest BCUT2D eigenvalue weighted by molar-refractivity contribution is 5.94. The van der Waals surface area contributed by atoms with Crippen LogP contribution < -0.4 is 10.1 Å². The number of hydrogen-bond donors (Lipinski definition) is 1. The Morgan fingerprint density at radius 1 is 1.25 bits per heavy atom. The Hall–Kier alpha value is -2.89. The van der Waals surface area contributed by atoms with E-state index in [-0.39, 0.29) is 11.9 Å². The van der Waals surface area contributed by atoms with E-state index in [1.54, 1.807) is 25.3 Å². The van der Waals surface area contributed by atoms with Gasteiger partial charge in [0.15, 0.2) is 11.5 Å². The summed E-state index contributed by atoms with van der Waals surface area (Å²) in [5, 5.41) is 11.5. The fraction of sp³-hybridized carbons (Fsp3) is 0.278. The van der Waals surface area contributed by atoms with Gasteiger partial charge in [-0.3, -0.25) is 9.20 Å². The molecule has 24 heavy (non-hydrogen) atoms. The van der Waals surface area contributed by atoms with E-state index in [9.17, 15) is 4.79 Å². The number of ether oxygens (including phenoxy) is 1. The lowest BCUT2D eigenvalue weighted by Gasteiger charge is -2.17. The molecule has 0 aliphatic heterocycles. The monoisotopic (exact) mass is 324 g/mol. The van der Waals surface area contributed by atoms with Crippen molar-refractivity contribution < 1.29 is 9.53 Å². The molecule has 2 aromatic heterocycles. The van der Waals surface area contributed by atoms with Crippen molar-refractivity contribution in [2.24, 2.45) is 0 Å². The second-order valence-corrected chi connectivity index (χ2v) is 5.53. The van der Waals surface area contributed by atoms with Crippen molar-refractivity contribution in [2.75, 3.05) is 7.11 Å². The number of benzene rings is 1. The third-order valence-corrected chi connectivity index (χ3v) is 3.87. The van der Waals surface area contributed by atoms with E-state index in [1.165, 1.54) is 0 Å². The number of fused-ring (bicyclic) bond motifs is 1. The number of aromatic nitrogens is 3. The molecule has 0 saturated carbocycles. The Morgan fingerprint density at radius 2 is 2.12 bits per heavy atom. The first kappa shape index (κ1) is 16.0. The van der Waals surface area contributed by atoms with Gasteiger partial charge in [-0.15, -0.1) is 10.2 Å². The minimum absolute atomic E-state index is 0.153. The zero-order valence-corrected chi connectivity index (χ0v) is 13.8. The summed E-state index contributed by atoms with van der Waals surface area (Å²) in [6.45, 7) is 2.08. The molecule has 6 heteroatoms. The smallest absolute Gasteiger partial charge is 0.252 e. The molecule has 1 N–H and O–H groups in total. The molecule has 1 amide bonds. The Kier molecular flexibility index (Phi) is 4.74. The van der Waals surface area contributed by atoms with Crippen molar-refractivity contribution in [3.8, 4) is 5.75 Å². The number of carbonyl (C=O) groups excluding carboxylic acids is 1. The van der Waals surface area contributed by atoms with E-state index in [0.717, 1.165) is 24.3 Å². The lowest BCUT2D eigenvalue weighted by Crippen LogP contribution is -2.29. The molecule has 1 atom stereocenters. The maximum absolute atomic E-state index is 12.6. The molecular formula is C18H20N4O2. The number of nitrogens with zero attached hydrogens (tertiary/aromatic N) is 3. The van der Waals surface area contributed by atoms with Gasteiger partial charge in [0.05, 0.1) is 13.2 Å². The Morgan fingerprint density at radius 3 is 2.92 bits per heavy atom. The standard InChI is InChI=1S/C18H20N4O2/c1-3-7-15(17-21-20-16-10-4-5-11-22(16)17)19-18(23)13-8-6-9-14(12-13)24-2/h4-6,8-12,15H,3,7H2,1-2H3,(H,19,23). The Labute approximate surface area is 140 Å². The van der Waals surface area contributed by atoms with E-state index in [2.05, 4.69) is 22.4 Å². The van der Waals surface area contributed by atoms with Crippen LogP contribution in [0.4, 0.5) is 0 Å². The van der Waals surface area contributed by atoms with Crippen molar-refractivity contribution in [3.63, 3.8) is 0 Å². The first-order valence-electron chi connectivity index (χ1n) is 7.97. The molecule has 0 aliphatic rings. The van der Waals surface area contributed by atoms with Crippen LogP contribution in [-0.2, 0) is 0 Å². The van der Waals surface area contributed by atoms with Gasteiger partial charge in [-0.25, -0.2) is 0 Å². The zero-order chi connectivity index (χ0) is 16.9. The summed E-state index contributed by atoms with van der Waals surface area (Å²) < 4.78 is 7.09. The van der Waals surface area contributed by atoms with Crippen LogP contribution in [0.3, 0.4) is 0 Å². The van der Waals surface area contributed by atoms with Crippen molar-refractivity contribution in [1.82, 2.24) is 19.9 Å². The molecule has 0 spiro atoms. The number of carbonyl (C=O) groups is 1. The number of pyridine rings is 1. The Balaban J connectivity index is 1.87. The van der Waals surface area contributed by atoms with Crippen LogP contribution in [0, 0.1) is 0 Å². The maximum Gasteiger partial charge on any atom is 0.252 e. The van der Waals surface area contributed by atoms with Gasteiger partial charge in [-0.2, -0.15) is 0 Å². The van der Waals surface area contributed by atoms with Gasteiger partial charge in [0.25, 0.3) is 5.91 Å². The first-order valence-corrected chi connectivity index (χ1v) is 7.97. The van der Waals surface area contributed by atoms with E-state index in [4.69, 9.17) is 4.74 Å². The van der Waals surface area contributed by atoms with Gasteiger partial charge in [-0.1, -0.05) is 25.5 Å². The van der Waals surface area contributed by atoms with E-state index < -0.39 is 0 Å². The second kappa shape index (κ2) is 7.12. The molecule has 0 saturated heterocycles. The SMILES string of the molecule is CCCC(NC(=O)c1cccc(OC)c1)c1nnc2ccccn12. The topological polar surface area (TPSA) is 68.5 Å². The molecular weight excluding hydrogens is 304 g/mol. The summed E-state index contributed by atoms with van der Waals surface area (Å²) >= 11 is 0. The third-order valence-electron chi connectivity index (χ3n) is 3.87. The van der Waals surface area contributed by atoms with Gasteiger partial charge in [0.1, 0.15) is 5.75 Å². The van der Waals surface area contributed by atoms with Crippen molar-refractivity contribution >= 4 is 11.6 Å². The van der Waals surface area contributed by atoms with Crippen LogP contribution in [0.15, 0.2) is 48.7 Å². The maximum atomic E-state index is 12.6. The highest BCUT2D eigenvalue weighted by Crippen LogP contribution is 2.19. The predicted octanol–water partition coefficient (Wildman–Crippen LogP) is 3.01. The van der Waals surface area contributed by atoms with Crippen LogP contribution in [0.5, 0.6) is 5.75 Å². The minimum atomic E-state index is -0.203. The normalized spacial score (nSPS) is 12.1. The highest BCUT2D eigenvalue weighted by Gasteiger charge is 2.20. The Bertz CT molecular complexity index is 844. The number of rotatable bonds is 6. The molecule has 0 aliphatic carbocycles. The predicted molar refractivity (Wildman–Crippen MR) is 91.1 cm³/mol. The van der Waals surface area contributed by atoms with Crippen molar-refractivity contribution in [2.45, 2.75) is 25.8 Å². The average molecular weight is 324 g/mol. The molecule has 0 fully saturated rings. The average Bonchev–Trinajstić information content (AvgIpc) is 3.05. The molecule has 0 radical (unpaired) electrons. The van der Waals surface area contributed by atoms with Crippen LogP contribution in [0.25, 0.3) is 5.65 Å². The van der Waals surface area contributed by atoms with Gasteiger partial charge in [0.2, 0.25) is 0 Å². The quantitative estimate of drug-likeness (QED) is 0.757. The number of nitrogens with one attached hydrogen (secondary N) is 1. The molecule has 3 aromatic rings. The van der Waals surface area contributed by atoms with Crippen molar-refractivity contribution in [1.29, 1.82) is 0 Å². The van der Waals surface area contributed by atoms with Gasteiger partial charge in [-0.05, 0) is 36.8 Å². The number of amides is 1. The fourth-order valence-corrected chi connectivity index (χ4v) is 2.66. The summed E-state index contributed by atoms with van der Waals surface area (Å²) in [4.78, 5) is 12.6. The van der Waals surface area contributed by atoms with Gasteiger partial charge >= 0.3 is 0 Å². The zero-order valence-electron chi connectivity index (χ0n) is 13.8. The number of hydrogen-bond acceptors (Lipinski definition) is 4. The number of methoxy groups -OCH3 is 1. The lowest BCUT2D eigenvalue weighted by atomic mass is 10.1. The van der Waals surface area contributed by atoms with E-state index in [0.29, 0.717) is 11.3 Å². The van der Waals surface area contributed by atoms with Crippen molar-refractivity contribution in [3.05, 3.63) is 60.0 Å². The van der Waals surface area contributed by atoms with Crippen LogP contribution in [-0.4, -0.2) is 27.6 Å².